The number of aromatic hydroxyl groups is 2. The standard InChI is InChI=1S/C27H33N3O2/c31-26-12-6-4-10-24(26)21-29-16-14-28(20-23-8-2-1-3-9-23)15-17-30(19-18-29)22-25-11-5-7-13-27(25)32/h1-13,31-32H,14-22H2. The average molecular weight is 432 g/mol. The van der Waals surface area contributed by atoms with Crippen LogP contribution < -0.4 is 0 Å². The van der Waals surface area contributed by atoms with Gasteiger partial charge in [-0.05, 0) is 17.7 Å². The fourth-order valence-electron chi connectivity index (χ4n) is 4.27. The monoisotopic (exact) mass is 431 g/mol. The molecule has 0 unspecified atom stereocenters. The molecule has 1 heterocycles. The largest absolute Gasteiger partial charge is 0.508 e. The molecule has 1 saturated heterocycles. The third kappa shape index (κ3) is 6.33. The smallest absolute Gasteiger partial charge is 0.120 e. The highest BCUT2D eigenvalue weighted by Crippen LogP contribution is 2.20. The lowest BCUT2D eigenvalue weighted by atomic mass is 10.1. The molecule has 0 atom stereocenters. The molecule has 3 aromatic carbocycles. The van der Waals surface area contributed by atoms with Crippen LogP contribution in [0.15, 0.2) is 78.9 Å². The van der Waals surface area contributed by atoms with E-state index in [1.54, 1.807) is 12.1 Å². The van der Waals surface area contributed by atoms with Gasteiger partial charge in [0, 0.05) is 70.0 Å². The molecule has 0 radical (unpaired) electrons. The van der Waals surface area contributed by atoms with E-state index in [4.69, 9.17) is 0 Å². The first-order chi connectivity index (χ1) is 15.7. The first kappa shape index (κ1) is 22.3. The fraction of sp³-hybridized carbons (Fsp3) is 0.333. The molecule has 1 aliphatic rings. The second-order valence-corrected chi connectivity index (χ2v) is 8.57. The van der Waals surface area contributed by atoms with Gasteiger partial charge < -0.3 is 10.2 Å². The Morgan fingerprint density at radius 3 is 1.28 bits per heavy atom. The third-order valence-electron chi connectivity index (χ3n) is 6.22. The molecule has 5 nitrogen and oxygen atoms in total. The van der Waals surface area contributed by atoms with Gasteiger partial charge in [-0.1, -0.05) is 66.7 Å². The van der Waals surface area contributed by atoms with E-state index >= 15 is 0 Å². The van der Waals surface area contributed by atoms with Gasteiger partial charge in [0.1, 0.15) is 11.5 Å². The molecule has 5 heteroatoms. The van der Waals surface area contributed by atoms with Crippen molar-refractivity contribution in [1.82, 2.24) is 14.7 Å². The molecule has 0 aromatic heterocycles. The molecule has 32 heavy (non-hydrogen) atoms. The van der Waals surface area contributed by atoms with Gasteiger partial charge in [0.05, 0.1) is 0 Å². The lowest BCUT2D eigenvalue weighted by Gasteiger charge is -2.26. The average Bonchev–Trinajstić information content (AvgIpc) is 2.89. The highest BCUT2D eigenvalue weighted by molar-refractivity contribution is 5.32. The summed E-state index contributed by atoms with van der Waals surface area (Å²) in [6, 6.07) is 25.9. The van der Waals surface area contributed by atoms with Gasteiger partial charge in [-0.2, -0.15) is 0 Å². The molecular formula is C27H33N3O2. The molecule has 168 valence electrons. The van der Waals surface area contributed by atoms with Crippen molar-refractivity contribution in [2.75, 3.05) is 39.3 Å². The van der Waals surface area contributed by atoms with Crippen LogP contribution in [0.5, 0.6) is 11.5 Å². The highest BCUT2D eigenvalue weighted by atomic mass is 16.3. The lowest BCUT2D eigenvalue weighted by Crippen LogP contribution is -2.35. The van der Waals surface area contributed by atoms with Crippen LogP contribution in [0.4, 0.5) is 0 Å². The zero-order valence-corrected chi connectivity index (χ0v) is 18.6. The number of nitrogens with zero attached hydrogens (tertiary/aromatic N) is 3. The van der Waals surface area contributed by atoms with E-state index in [0.717, 1.165) is 70.0 Å². The Bertz CT molecular complexity index is 920. The van der Waals surface area contributed by atoms with Crippen molar-refractivity contribution in [2.45, 2.75) is 19.6 Å². The van der Waals surface area contributed by atoms with E-state index in [-0.39, 0.29) is 0 Å². The molecule has 0 amide bonds. The summed E-state index contributed by atoms with van der Waals surface area (Å²) in [7, 11) is 0. The van der Waals surface area contributed by atoms with Gasteiger partial charge in [-0.25, -0.2) is 0 Å². The van der Waals surface area contributed by atoms with E-state index < -0.39 is 0 Å². The van der Waals surface area contributed by atoms with Crippen LogP contribution in [0.2, 0.25) is 0 Å². The molecule has 1 aliphatic heterocycles. The number of rotatable bonds is 6. The lowest BCUT2D eigenvalue weighted by molar-refractivity contribution is 0.207. The first-order valence-corrected chi connectivity index (χ1v) is 11.4. The van der Waals surface area contributed by atoms with Gasteiger partial charge in [0.2, 0.25) is 0 Å². The molecule has 4 rings (SSSR count). The Hall–Kier alpha value is -2.86. The Labute approximate surface area is 191 Å². The number of benzene rings is 3. The minimum absolute atomic E-state index is 0.361. The van der Waals surface area contributed by atoms with E-state index in [0.29, 0.717) is 11.5 Å². The molecule has 3 aromatic rings. The van der Waals surface area contributed by atoms with Crippen molar-refractivity contribution in [3.8, 4) is 11.5 Å². The fourth-order valence-corrected chi connectivity index (χ4v) is 4.27. The van der Waals surface area contributed by atoms with Crippen molar-refractivity contribution < 1.29 is 10.2 Å². The molecule has 0 bridgehead atoms. The van der Waals surface area contributed by atoms with E-state index in [1.165, 1.54) is 5.56 Å². The van der Waals surface area contributed by atoms with Crippen molar-refractivity contribution in [3.63, 3.8) is 0 Å². The van der Waals surface area contributed by atoms with Gasteiger partial charge in [-0.15, -0.1) is 0 Å². The SMILES string of the molecule is Oc1ccccc1CN1CCN(Cc2ccccc2)CCN(Cc2ccccc2O)CC1. The topological polar surface area (TPSA) is 50.2 Å². The van der Waals surface area contributed by atoms with E-state index in [1.807, 2.05) is 36.4 Å². The van der Waals surface area contributed by atoms with Crippen LogP contribution in [-0.4, -0.2) is 64.2 Å². The molecule has 0 spiro atoms. The summed E-state index contributed by atoms with van der Waals surface area (Å²) < 4.78 is 0. The summed E-state index contributed by atoms with van der Waals surface area (Å²) in [5.41, 5.74) is 3.26. The van der Waals surface area contributed by atoms with Gasteiger partial charge >= 0.3 is 0 Å². The Balaban J connectivity index is 1.49. The number of hydrogen-bond acceptors (Lipinski definition) is 5. The number of phenolic OH excluding ortho intramolecular Hbond substituents is 2. The summed E-state index contributed by atoms with van der Waals surface area (Å²) >= 11 is 0. The van der Waals surface area contributed by atoms with Gasteiger partial charge in [0.15, 0.2) is 0 Å². The first-order valence-electron chi connectivity index (χ1n) is 11.4. The maximum Gasteiger partial charge on any atom is 0.120 e. The second kappa shape index (κ2) is 11.1. The molecular weight excluding hydrogens is 398 g/mol. The molecule has 0 aliphatic carbocycles. The Morgan fingerprint density at radius 2 is 0.844 bits per heavy atom. The number of para-hydroxylation sites is 2. The van der Waals surface area contributed by atoms with Crippen LogP contribution in [0, 0.1) is 0 Å². The third-order valence-corrected chi connectivity index (χ3v) is 6.22. The molecule has 0 saturated carbocycles. The zero-order valence-electron chi connectivity index (χ0n) is 18.6. The highest BCUT2D eigenvalue weighted by Gasteiger charge is 2.18. The number of hydrogen-bond donors (Lipinski definition) is 2. The summed E-state index contributed by atoms with van der Waals surface area (Å²) in [5.74, 6) is 0.721. The predicted octanol–water partition coefficient (Wildman–Crippen LogP) is 3.92. The summed E-state index contributed by atoms with van der Waals surface area (Å²) in [4.78, 5) is 7.36. The zero-order chi connectivity index (χ0) is 22.2. The maximum absolute atomic E-state index is 10.3. The van der Waals surface area contributed by atoms with E-state index in [9.17, 15) is 10.2 Å². The van der Waals surface area contributed by atoms with Crippen LogP contribution >= 0.6 is 0 Å². The van der Waals surface area contributed by atoms with Crippen LogP contribution in [0.1, 0.15) is 16.7 Å². The van der Waals surface area contributed by atoms with Gasteiger partial charge in [-0.3, -0.25) is 14.7 Å². The maximum atomic E-state index is 10.3. The summed E-state index contributed by atoms with van der Waals surface area (Å²) in [5, 5.41) is 20.5. The van der Waals surface area contributed by atoms with Crippen LogP contribution in [0.25, 0.3) is 0 Å². The Kier molecular flexibility index (Phi) is 7.77. The second-order valence-electron chi connectivity index (χ2n) is 8.57. The summed E-state index contributed by atoms with van der Waals surface area (Å²) in [6.07, 6.45) is 0. The minimum atomic E-state index is 0.361. The Morgan fingerprint density at radius 1 is 0.469 bits per heavy atom. The van der Waals surface area contributed by atoms with Crippen molar-refractivity contribution in [3.05, 3.63) is 95.6 Å². The molecule has 1 fully saturated rings. The predicted molar refractivity (Wildman–Crippen MR) is 128 cm³/mol. The van der Waals surface area contributed by atoms with Crippen LogP contribution in [0.3, 0.4) is 0 Å². The van der Waals surface area contributed by atoms with Crippen molar-refractivity contribution in [1.29, 1.82) is 0 Å². The number of phenols is 2. The van der Waals surface area contributed by atoms with Gasteiger partial charge in [0.25, 0.3) is 0 Å². The van der Waals surface area contributed by atoms with Crippen molar-refractivity contribution in [2.24, 2.45) is 0 Å². The molecule has 2 N–H and O–H groups in total. The van der Waals surface area contributed by atoms with Crippen LogP contribution in [-0.2, 0) is 19.6 Å². The quantitative estimate of drug-likeness (QED) is 0.620. The van der Waals surface area contributed by atoms with Crippen molar-refractivity contribution >= 4 is 0 Å². The summed E-state index contributed by atoms with van der Waals surface area (Å²) in [6.45, 7) is 8.08. The minimum Gasteiger partial charge on any atom is -0.508 e. The normalized spacial score (nSPS) is 16.9. The van der Waals surface area contributed by atoms with E-state index in [2.05, 4.69) is 45.0 Å².